The van der Waals surface area contributed by atoms with Crippen LogP contribution in [0.15, 0.2) is 21.9 Å². The van der Waals surface area contributed by atoms with Gasteiger partial charge in [-0.3, -0.25) is 44.2 Å². The fraction of sp³-hybridized carbons (Fsp3) is 0.667. The fourth-order valence-electron chi connectivity index (χ4n) is 6.41. The number of fused-ring (bicyclic) bond motifs is 1. The van der Waals surface area contributed by atoms with E-state index in [2.05, 4.69) is 16.0 Å². The lowest BCUT2D eigenvalue weighted by Gasteiger charge is -2.35. The topological polar surface area (TPSA) is 253 Å². The first-order valence-corrected chi connectivity index (χ1v) is 13.2. The van der Waals surface area contributed by atoms with Crippen molar-refractivity contribution in [2.45, 2.75) is 68.0 Å². The van der Waals surface area contributed by atoms with Crippen molar-refractivity contribution in [1.29, 1.82) is 0 Å². The zero-order valence-corrected chi connectivity index (χ0v) is 21.9. The number of likely N-dealkylation sites (tertiary alicyclic amines) is 1. The van der Waals surface area contributed by atoms with Gasteiger partial charge in [0, 0.05) is 31.4 Å². The molecule has 4 amide bonds. The lowest BCUT2D eigenvalue weighted by molar-refractivity contribution is -0.146. The Morgan fingerprint density at radius 1 is 1.20 bits per heavy atom. The number of ether oxygens (including phenoxy) is 1. The molecular formula is C24H32N6O11. The summed E-state index contributed by atoms with van der Waals surface area (Å²) in [4.78, 5) is 78.9. The number of hydrogen-bond donors (Lipinski definition) is 8. The number of nitrogens with one attached hydrogen (secondary N) is 4. The van der Waals surface area contributed by atoms with Gasteiger partial charge >= 0.3 is 5.69 Å². The van der Waals surface area contributed by atoms with Crippen molar-refractivity contribution in [2.75, 3.05) is 19.7 Å². The quantitative estimate of drug-likeness (QED) is 0.140. The number of aromatic amines is 1. The first-order valence-electron chi connectivity index (χ1n) is 13.2. The minimum absolute atomic E-state index is 0.173. The number of hydrogen-bond acceptors (Lipinski definition) is 12. The zero-order valence-electron chi connectivity index (χ0n) is 21.9. The molecule has 1 aromatic rings. The Labute approximate surface area is 231 Å². The Morgan fingerprint density at radius 3 is 2.61 bits per heavy atom. The van der Waals surface area contributed by atoms with E-state index in [0.717, 1.165) is 16.8 Å². The molecule has 8 N–H and O–H groups in total. The molecule has 0 aromatic carbocycles. The van der Waals surface area contributed by atoms with Crippen molar-refractivity contribution in [3.8, 4) is 0 Å². The van der Waals surface area contributed by atoms with E-state index < -0.39 is 102 Å². The Morgan fingerprint density at radius 2 is 1.93 bits per heavy atom. The number of carbonyl (C=O) groups excluding carboxylic acids is 4. The average Bonchev–Trinajstić information content (AvgIpc) is 3.68. The number of carbonyl (C=O) groups is 4. The van der Waals surface area contributed by atoms with Crippen LogP contribution in [0.3, 0.4) is 0 Å². The maximum Gasteiger partial charge on any atom is 0.330 e. The molecule has 0 saturated carbocycles. The number of aromatic nitrogens is 2. The van der Waals surface area contributed by atoms with E-state index >= 15 is 0 Å². The minimum atomic E-state index is -1.66. The van der Waals surface area contributed by atoms with Crippen LogP contribution in [0, 0.1) is 11.8 Å². The van der Waals surface area contributed by atoms with E-state index in [1.54, 1.807) is 0 Å². The van der Waals surface area contributed by atoms with Crippen LogP contribution in [-0.4, -0.2) is 120 Å². The van der Waals surface area contributed by atoms with Gasteiger partial charge in [0.2, 0.25) is 23.6 Å². The van der Waals surface area contributed by atoms with Crippen LogP contribution in [0.5, 0.6) is 0 Å². The molecule has 1 aromatic heterocycles. The molecule has 10 atom stereocenters. The molecular weight excluding hydrogens is 548 g/mol. The third-order valence-corrected chi connectivity index (χ3v) is 8.47. The van der Waals surface area contributed by atoms with Gasteiger partial charge in [-0.15, -0.1) is 0 Å². The van der Waals surface area contributed by atoms with Gasteiger partial charge < -0.3 is 35.4 Å². The summed E-state index contributed by atoms with van der Waals surface area (Å²) in [6.45, 7) is 0.605. The molecule has 0 spiro atoms. The van der Waals surface area contributed by atoms with Gasteiger partial charge in [0.15, 0.2) is 6.23 Å². The highest BCUT2D eigenvalue weighted by Crippen LogP contribution is 2.42. The smallest absolute Gasteiger partial charge is 0.330 e. The van der Waals surface area contributed by atoms with Crippen molar-refractivity contribution >= 4 is 23.6 Å². The first-order chi connectivity index (χ1) is 19.4. The number of imide groups is 1. The predicted octanol–water partition coefficient (Wildman–Crippen LogP) is -5.76. The minimum Gasteiger partial charge on any atom is -0.394 e. The van der Waals surface area contributed by atoms with Gasteiger partial charge in [0.1, 0.15) is 29.9 Å². The number of aliphatic hydroxyl groups excluding tert-OH is 4. The second-order valence-corrected chi connectivity index (χ2v) is 10.9. The summed E-state index contributed by atoms with van der Waals surface area (Å²) in [6, 6.07) is -0.997. The molecule has 4 saturated heterocycles. The third-order valence-electron chi connectivity index (χ3n) is 8.47. The van der Waals surface area contributed by atoms with Crippen molar-refractivity contribution in [3.05, 3.63) is 33.1 Å². The van der Waals surface area contributed by atoms with Crippen molar-refractivity contribution in [1.82, 2.24) is 30.4 Å². The molecule has 0 bridgehead atoms. The number of H-pyrrole nitrogens is 1. The van der Waals surface area contributed by atoms with Crippen LogP contribution in [0.2, 0.25) is 0 Å². The molecule has 4 aliphatic heterocycles. The molecule has 0 radical (unpaired) electrons. The van der Waals surface area contributed by atoms with Crippen molar-refractivity contribution in [2.24, 2.45) is 11.8 Å². The van der Waals surface area contributed by atoms with Crippen molar-refractivity contribution in [3.63, 3.8) is 0 Å². The van der Waals surface area contributed by atoms with Gasteiger partial charge in [-0.2, -0.15) is 0 Å². The number of rotatable bonds is 7. The molecule has 41 heavy (non-hydrogen) atoms. The van der Waals surface area contributed by atoms with E-state index in [-0.39, 0.29) is 19.5 Å². The number of amides is 4. The van der Waals surface area contributed by atoms with E-state index in [1.807, 2.05) is 4.98 Å². The van der Waals surface area contributed by atoms with Gasteiger partial charge in [-0.25, -0.2) is 4.79 Å². The Balaban J connectivity index is 1.27. The Bertz CT molecular complexity index is 1360. The summed E-state index contributed by atoms with van der Waals surface area (Å²) in [5, 5.41) is 48.3. The molecule has 1 unspecified atom stereocenters. The largest absolute Gasteiger partial charge is 0.394 e. The molecule has 17 nitrogen and oxygen atoms in total. The molecule has 224 valence electrons. The summed E-state index contributed by atoms with van der Waals surface area (Å²) >= 11 is 0. The lowest BCUT2D eigenvalue weighted by atomic mass is 9.79. The second kappa shape index (κ2) is 10.7. The van der Waals surface area contributed by atoms with E-state index in [0.29, 0.717) is 6.42 Å². The van der Waals surface area contributed by atoms with Crippen LogP contribution in [-0.2, 0) is 23.9 Å². The monoisotopic (exact) mass is 580 g/mol. The SMILES string of the molecule is C[C@@]1(C(=O)N2CCC[C@H]2C(=O)NC[C@H]2O[C@@H](n3ccc(=O)[nH]c3=O)[C@H](O)[C@@H]2O)N[C@H](C(O)CO)[C@@H]2C(=O)NC(=O)[C@@H]21. The van der Waals surface area contributed by atoms with Gasteiger partial charge in [0.25, 0.3) is 5.56 Å². The van der Waals surface area contributed by atoms with Gasteiger partial charge in [0.05, 0.1) is 24.5 Å². The van der Waals surface area contributed by atoms with Crippen LogP contribution in [0.4, 0.5) is 0 Å². The Kier molecular flexibility index (Phi) is 7.60. The molecule has 4 fully saturated rings. The summed E-state index contributed by atoms with van der Waals surface area (Å²) in [5.41, 5.74) is -3.17. The fourth-order valence-corrected chi connectivity index (χ4v) is 6.41. The van der Waals surface area contributed by atoms with Gasteiger partial charge in [-0.05, 0) is 19.8 Å². The average molecular weight is 581 g/mol. The van der Waals surface area contributed by atoms with Crippen LogP contribution in [0.1, 0.15) is 26.0 Å². The van der Waals surface area contributed by atoms with E-state index in [4.69, 9.17) is 4.74 Å². The summed E-state index contributed by atoms with van der Waals surface area (Å²) < 4.78 is 6.51. The number of aliphatic hydroxyl groups is 4. The van der Waals surface area contributed by atoms with Gasteiger partial charge in [-0.1, -0.05) is 0 Å². The van der Waals surface area contributed by atoms with Crippen LogP contribution < -0.4 is 27.2 Å². The van der Waals surface area contributed by atoms with Crippen LogP contribution >= 0.6 is 0 Å². The predicted molar refractivity (Wildman–Crippen MR) is 134 cm³/mol. The highest BCUT2D eigenvalue weighted by molar-refractivity contribution is 6.10. The summed E-state index contributed by atoms with van der Waals surface area (Å²) in [7, 11) is 0. The second-order valence-electron chi connectivity index (χ2n) is 10.9. The molecule has 17 heteroatoms. The summed E-state index contributed by atoms with van der Waals surface area (Å²) in [5.74, 6) is -4.86. The highest BCUT2D eigenvalue weighted by atomic mass is 16.6. The molecule has 4 aliphatic rings. The standard InChI is InChI=1S/C24H32N6O11/c1-24(14-13(19(37)27-20(14)38)15(28-24)10(32)8-31)22(39)29-5-2-3-9(29)18(36)25-7-11-16(34)17(35)21(41-11)30-6-4-12(33)26-23(30)40/h4,6,9-11,13-17,21,28,31-32,34-35H,2-3,5,7-8H2,1H3,(H,25,36)(H,26,33,40)(H,27,37,38)/t9-,10?,11+,13+,14+,15+,16+,17+,21+,24+/m0/s1. The first kappa shape index (κ1) is 29.0. The van der Waals surface area contributed by atoms with Crippen LogP contribution in [0.25, 0.3) is 0 Å². The Hall–Kier alpha value is -3.48. The van der Waals surface area contributed by atoms with Crippen molar-refractivity contribution < 1.29 is 44.3 Å². The number of nitrogens with zero attached hydrogens (tertiary/aromatic N) is 2. The zero-order chi connectivity index (χ0) is 29.8. The van der Waals surface area contributed by atoms with E-state index in [9.17, 15) is 49.2 Å². The molecule has 5 heterocycles. The molecule has 5 rings (SSSR count). The normalized spacial score (nSPS) is 37.2. The maximum absolute atomic E-state index is 13.8. The summed E-state index contributed by atoms with van der Waals surface area (Å²) in [6.07, 6.45) is -5.08. The highest BCUT2D eigenvalue weighted by Gasteiger charge is 2.66. The maximum atomic E-state index is 13.8. The third kappa shape index (κ3) is 4.77. The molecule has 0 aliphatic carbocycles. The lowest BCUT2D eigenvalue weighted by Crippen LogP contribution is -2.62. The van der Waals surface area contributed by atoms with E-state index in [1.165, 1.54) is 11.8 Å².